The zero-order valence-corrected chi connectivity index (χ0v) is 26.8. The molecule has 4 heterocycles. The van der Waals surface area contributed by atoms with Gasteiger partial charge in [0.05, 0.1) is 38.8 Å². The van der Waals surface area contributed by atoms with Crippen molar-refractivity contribution in [1.82, 2.24) is 18.9 Å². The molecule has 0 amide bonds. The smallest absolute Gasteiger partial charge is 0.235 e. The minimum Gasteiger partial charge on any atom is -0.308 e. The van der Waals surface area contributed by atoms with Crippen molar-refractivity contribution in [1.29, 1.82) is 0 Å². The molecule has 0 aliphatic rings. The third-order valence-corrected chi connectivity index (χ3v) is 10.8. The second-order valence-corrected chi connectivity index (χ2v) is 13.4. The molecular weight excluding hydrogens is 609 g/mol. The standard InChI is InChI=1S/C46H26N4/c1-2-13-28(14-3-1)43-41-31-17-7-6-12-27(31)22-23-37(41)47-46(48-43)50-39-21-11-9-19-33(39)35-26-34-32-18-8-10-20-38(32)49-40-25-30-16-5-4-15-29(30)24-36(40)42(44(34)49)45(35)50/h1-26H. The van der Waals surface area contributed by atoms with Crippen molar-refractivity contribution in [2.75, 3.05) is 0 Å². The molecule has 0 bridgehead atoms. The van der Waals surface area contributed by atoms with Crippen LogP contribution < -0.4 is 0 Å². The molecule has 12 aromatic rings. The van der Waals surface area contributed by atoms with Gasteiger partial charge in [0.2, 0.25) is 5.95 Å². The van der Waals surface area contributed by atoms with Crippen LogP contribution in [0.3, 0.4) is 0 Å². The molecule has 230 valence electrons. The van der Waals surface area contributed by atoms with Crippen LogP contribution in [0.5, 0.6) is 0 Å². The number of fused-ring (bicyclic) bond motifs is 14. The number of aromatic nitrogens is 4. The lowest BCUT2D eigenvalue weighted by molar-refractivity contribution is 1.02. The normalized spacial score (nSPS) is 12.4. The number of benzene rings is 8. The van der Waals surface area contributed by atoms with E-state index < -0.39 is 0 Å². The van der Waals surface area contributed by atoms with Crippen LogP contribution >= 0.6 is 0 Å². The molecule has 0 radical (unpaired) electrons. The molecule has 0 aliphatic heterocycles. The van der Waals surface area contributed by atoms with Gasteiger partial charge in [-0.05, 0) is 57.9 Å². The van der Waals surface area contributed by atoms with Crippen LogP contribution in [0, 0.1) is 0 Å². The van der Waals surface area contributed by atoms with Crippen LogP contribution in [0.15, 0.2) is 158 Å². The van der Waals surface area contributed by atoms with Crippen molar-refractivity contribution in [3.05, 3.63) is 158 Å². The van der Waals surface area contributed by atoms with Gasteiger partial charge in [-0.1, -0.05) is 121 Å². The molecule has 0 aliphatic carbocycles. The van der Waals surface area contributed by atoms with Crippen molar-refractivity contribution in [3.63, 3.8) is 0 Å². The molecule has 0 saturated carbocycles. The Labute approximate surface area is 285 Å². The fraction of sp³-hybridized carbons (Fsp3) is 0. The summed E-state index contributed by atoms with van der Waals surface area (Å²) in [6.07, 6.45) is 0. The molecule has 12 rings (SSSR count). The summed E-state index contributed by atoms with van der Waals surface area (Å²) in [7, 11) is 0. The van der Waals surface area contributed by atoms with Gasteiger partial charge in [-0.2, -0.15) is 0 Å². The highest BCUT2D eigenvalue weighted by molar-refractivity contribution is 6.35. The van der Waals surface area contributed by atoms with Gasteiger partial charge in [0.1, 0.15) is 0 Å². The molecule has 50 heavy (non-hydrogen) atoms. The van der Waals surface area contributed by atoms with E-state index in [1.165, 1.54) is 65.0 Å². The van der Waals surface area contributed by atoms with E-state index in [-0.39, 0.29) is 0 Å². The maximum Gasteiger partial charge on any atom is 0.235 e. The average molecular weight is 635 g/mol. The summed E-state index contributed by atoms with van der Waals surface area (Å²) in [6.45, 7) is 0. The van der Waals surface area contributed by atoms with Crippen LogP contribution in [0.25, 0.3) is 110 Å². The number of para-hydroxylation sites is 2. The fourth-order valence-corrected chi connectivity index (χ4v) is 8.69. The first-order chi connectivity index (χ1) is 24.8. The molecule has 0 atom stereocenters. The Morgan fingerprint density at radius 3 is 1.84 bits per heavy atom. The summed E-state index contributed by atoms with van der Waals surface area (Å²) < 4.78 is 4.80. The van der Waals surface area contributed by atoms with Crippen LogP contribution in [0.4, 0.5) is 0 Å². The van der Waals surface area contributed by atoms with Crippen LogP contribution in [0.2, 0.25) is 0 Å². The lowest BCUT2D eigenvalue weighted by Crippen LogP contribution is -2.04. The van der Waals surface area contributed by atoms with E-state index in [0.29, 0.717) is 5.95 Å². The number of rotatable bonds is 2. The van der Waals surface area contributed by atoms with Gasteiger partial charge in [0, 0.05) is 43.3 Å². The number of nitrogens with zero attached hydrogens (tertiary/aromatic N) is 4. The van der Waals surface area contributed by atoms with Gasteiger partial charge >= 0.3 is 0 Å². The summed E-state index contributed by atoms with van der Waals surface area (Å²) >= 11 is 0. The molecule has 0 saturated heterocycles. The van der Waals surface area contributed by atoms with E-state index in [1.54, 1.807) is 0 Å². The Bertz CT molecular complexity index is 3370. The first-order valence-electron chi connectivity index (χ1n) is 17.1. The maximum absolute atomic E-state index is 5.53. The summed E-state index contributed by atoms with van der Waals surface area (Å²) in [4.78, 5) is 11.0. The maximum atomic E-state index is 5.53. The minimum atomic E-state index is 0.672. The topological polar surface area (TPSA) is 35.1 Å². The van der Waals surface area contributed by atoms with E-state index >= 15 is 0 Å². The number of hydrogen-bond donors (Lipinski definition) is 0. The van der Waals surface area contributed by atoms with Crippen LogP contribution in [-0.2, 0) is 0 Å². The van der Waals surface area contributed by atoms with E-state index in [4.69, 9.17) is 9.97 Å². The van der Waals surface area contributed by atoms with Crippen LogP contribution in [-0.4, -0.2) is 18.9 Å². The highest BCUT2D eigenvalue weighted by Crippen LogP contribution is 2.47. The van der Waals surface area contributed by atoms with Crippen molar-refractivity contribution < 1.29 is 0 Å². The molecule has 8 aromatic carbocycles. The largest absolute Gasteiger partial charge is 0.308 e. The monoisotopic (exact) mass is 634 g/mol. The lowest BCUT2D eigenvalue weighted by atomic mass is 10.0. The van der Waals surface area contributed by atoms with Gasteiger partial charge in [0.25, 0.3) is 0 Å². The quantitative estimate of drug-likeness (QED) is 0.177. The SMILES string of the molecule is c1ccc(-c2nc(-n3c4ccccc4c4cc5c6ccccc6n6c7cc8ccccc8cc7c(c43)c56)nc3ccc4ccccc4c23)cc1. The summed E-state index contributed by atoms with van der Waals surface area (Å²) in [5, 5.41) is 13.3. The molecule has 4 aromatic heterocycles. The Morgan fingerprint density at radius 2 is 1.02 bits per heavy atom. The third-order valence-electron chi connectivity index (χ3n) is 10.8. The van der Waals surface area contributed by atoms with Gasteiger partial charge in [-0.3, -0.25) is 4.57 Å². The van der Waals surface area contributed by atoms with Crippen molar-refractivity contribution in [2.45, 2.75) is 0 Å². The van der Waals surface area contributed by atoms with Gasteiger partial charge in [-0.15, -0.1) is 0 Å². The van der Waals surface area contributed by atoms with E-state index in [9.17, 15) is 0 Å². The zero-order valence-electron chi connectivity index (χ0n) is 26.8. The predicted octanol–water partition coefficient (Wildman–Crippen LogP) is 11.9. The van der Waals surface area contributed by atoms with Crippen molar-refractivity contribution in [2.24, 2.45) is 0 Å². The van der Waals surface area contributed by atoms with Gasteiger partial charge in [-0.25, -0.2) is 9.97 Å². The zero-order chi connectivity index (χ0) is 32.5. The first-order valence-corrected chi connectivity index (χ1v) is 17.1. The van der Waals surface area contributed by atoms with Crippen LogP contribution in [0.1, 0.15) is 0 Å². The molecule has 0 fully saturated rings. The van der Waals surface area contributed by atoms with E-state index in [0.717, 1.165) is 38.6 Å². The van der Waals surface area contributed by atoms with Gasteiger partial charge in [0.15, 0.2) is 0 Å². The Kier molecular flexibility index (Phi) is 4.94. The Hall–Kier alpha value is -6.78. The highest BCUT2D eigenvalue weighted by Gasteiger charge is 2.26. The molecule has 0 N–H and O–H groups in total. The Balaban J connectivity index is 1.33. The molecule has 0 unspecified atom stereocenters. The fourth-order valence-electron chi connectivity index (χ4n) is 8.69. The van der Waals surface area contributed by atoms with Crippen molar-refractivity contribution in [3.8, 4) is 17.2 Å². The molecular formula is C46H26N4. The highest BCUT2D eigenvalue weighted by atomic mass is 15.2. The minimum absolute atomic E-state index is 0.672. The summed E-state index contributed by atoms with van der Waals surface area (Å²) in [5.74, 6) is 0.672. The first kappa shape index (κ1) is 26.2. The Morgan fingerprint density at radius 1 is 0.380 bits per heavy atom. The second kappa shape index (κ2) is 9.43. The van der Waals surface area contributed by atoms with E-state index in [1.807, 2.05) is 0 Å². The average Bonchev–Trinajstić information content (AvgIpc) is 3.81. The van der Waals surface area contributed by atoms with Gasteiger partial charge < -0.3 is 4.40 Å². The van der Waals surface area contributed by atoms with E-state index in [2.05, 4.69) is 167 Å². The molecule has 4 nitrogen and oxygen atoms in total. The lowest BCUT2D eigenvalue weighted by Gasteiger charge is -2.14. The third kappa shape index (κ3) is 3.30. The second-order valence-electron chi connectivity index (χ2n) is 13.4. The van der Waals surface area contributed by atoms with Crippen molar-refractivity contribution >= 4 is 92.3 Å². The number of hydrogen-bond acceptors (Lipinski definition) is 2. The predicted molar refractivity (Wildman–Crippen MR) is 209 cm³/mol. The summed E-state index contributed by atoms with van der Waals surface area (Å²) in [5.41, 5.74) is 8.84. The molecule has 4 heteroatoms. The summed E-state index contributed by atoms with van der Waals surface area (Å²) in [6, 6.07) is 56.8. The molecule has 0 spiro atoms.